The number of rotatable bonds is 14. The number of aliphatic carboxylic acids is 1. The van der Waals surface area contributed by atoms with Crippen molar-refractivity contribution in [3.05, 3.63) is 12.2 Å². The number of carboxylic acids is 1. The first-order chi connectivity index (χ1) is 12.7. The SMILES string of the molecule is CCCCCC(CC[C@H]1C2CC(OO2)C1C/C=C\CCCC(=O)O)OO. The van der Waals surface area contributed by atoms with Crippen LogP contribution in [0.3, 0.4) is 0 Å². The highest BCUT2D eigenvalue weighted by molar-refractivity contribution is 5.66. The van der Waals surface area contributed by atoms with Crippen LogP contribution < -0.4 is 0 Å². The molecule has 0 spiro atoms. The summed E-state index contributed by atoms with van der Waals surface area (Å²) in [6, 6.07) is 0. The van der Waals surface area contributed by atoms with E-state index in [4.69, 9.17) is 20.1 Å². The third kappa shape index (κ3) is 6.65. The Balaban J connectivity index is 1.74. The first kappa shape index (κ1) is 21.4. The van der Waals surface area contributed by atoms with Crippen LogP contribution in [0.15, 0.2) is 12.2 Å². The fourth-order valence-electron chi connectivity index (χ4n) is 4.21. The molecule has 6 nitrogen and oxygen atoms in total. The van der Waals surface area contributed by atoms with Crippen LogP contribution in [0.5, 0.6) is 0 Å². The number of hydrogen-bond donors (Lipinski definition) is 2. The summed E-state index contributed by atoms with van der Waals surface area (Å²) in [5.41, 5.74) is 0. The molecule has 2 bridgehead atoms. The third-order valence-corrected chi connectivity index (χ3v) is 5.71. The Bertz CT molecular complexity index is 438. The van der Waals surface area contributed by atoms with Crippen molar-refractivity contribution in [1.82, 2.24) is 0 Å². The molecule has 2 N–H and O–H groups in total. The lowest BCUT2D eigenvalue weighted by atomic mass is 9.85. The Hall–Kier alpha value is -0.950. The van der Waals surface area contributed by atoms with E-state index in [1.54, 1.807) is 0 Å². The second kappa shape index (κ2) is 11.7. The second-order valence-corrected chi connectivity index (χ2v) is 7.63. The zero-order valence-corrected chi connectivity index (χ0v) is 15.8. The van der Waals surface area contributed by atoms with Crippen molar-refractivity contribution in [1.29, 1.82) is 0 Å². The number of carboxylic acid groups (broad SMARTS) is 1. The summed E-state index contributed by atoms with van der Waals surface area (Å²) in [4.78, 5) is 26.1. The molecule has 0 radical (unpaired) electrons. The van der Waals surface area contributed by atoms with Crippen LogP contribution >= 0.6 is 0 Å². The van der Waals surface area contributed by atoms with E-state index < -0.39 is 5.97 Å². The van der Waals surface area contributed by atoms with Crippen molar-refractivity contribution in [2.24, 2.45) is 11.8 Å². The van der Waals surface area contributed by atoms with Gasteiger partial charge < -0.3 is 5.11 Å². The topological polar surface area (TPSA) is 85.2 Å². The molecule has 1 aliphatic carbocycles. The summed E-state index contributed by atoms with van der Waals surface area (Å²) in [5, 5.41) is 17.8. The highest BCUT2D eigenvalue weighted by Gasteiger charge is 2.49. The summed E-state index contributed by atoms with van der Waals surface area (Å²) < 4.78 is 0. The lowest BCUT2D eigenvalue weighted by molar-refractivity contribution is -0.342. The Morgan fingerprint density at radius 2 is 1.92 bits per heavy atom. The van der Waals surface area contributed by atoms with Crippen LogP contribution in [-0.2, 0) is 19.5 Å². The van der Waals surface area contributed by atoms with Gasteiger partial charge in [-0.3, -0.25) is 10.1 Å². The second-order valence-electron chi connectivity index (χ2n) is 7.63. The number of allylic oxidation sites excluding steroid dienone is 2. The molecule has 4 unspecified atom stereocenters. The van der Waals surface area contributed by atoms with Gasteiger partial charge in [-0.15, -0.1) is 0 Å². The van der Waals surface area contributed by atoms with E-state index >= 15 is 0 Å². The van der Waals surface area contributed by atoms with Gasteiger partial charge in [0, 0.05) is 12.8 Å². The predicted octanol–water partition coefficient (Wildman–Crippen LogP) is 4.74. The highest BCUT2D eigenvalue weighted by atomic mass is 17.2. The van der Waals surface area contributed by atoms with Crippen LogP contribution in [0.25, 0.3) is 0 Å². The van der Waals surface area contributed by atoms with Crippen LogP contribution in [0.1, 0.15) is 77.6 Å². The van der Waals surface area contributed by atoms with Crippen LogP contribution in [0, 0.1) is 11.8 Å². The molecule has 0 amide bonds. The van der Waals surface area contributed by atoms with Crippen molar-refractivity contribution >= 4 is 5.97 Å². The van der Waals surface area contributed by atoms with E-state index in [1.807, 2.05) is 0 Å². The fraction of sp³-hybridized carbons (Fsp3) is 0.850. The van der Waals surface area contributed by atoms with Crippen molar-refractivity contribution in [2.45, 2.75) is 95.9 Å². The predicted molar refractivity (Wildman–Crippen MR) is 97.5 cm³/mol. The van der Waals surface area contributed by atoms with Gasteiger partial charge >= 0.3 is 5.97 Å². The summed E-state index contributed by atoms with van der Waals surface area (Å²) >= 11 is 0. The number of unbranched alkanes of at least 4 members (excludes halogenated alkanes) is 3. The molecule has 1 saturated heterocycles. The Labute approximate surface area is 156 Å². The minimum Gasteiger partial charge on any atom is -0.481 e. The van der Waals surface area contributed by atoms with Crippen molar-refractivity contribution < 1.29 is 29.8 Å². The van der Waals surface area contributed by atoms with Gasteiger partial charge in [-0.1, -0.05) is 38.3 Å². The quantitative estimate of drug-likeness (QED) is 0.199. The largest absolute Gasteiger partial charge is 0.481 e. The van der Waals surface area contributed by atoms with Crippen LogP contribution in [0.2, 0.25) is 0 Å². The Kier molecular flexibility index (Phi) is 9.61. The van der Waals surface area contributed by atoms with Crippen molar-refractivity contribution in [2.75, 3.05) is 0 Å². The van der Waals surface area contributed by atoms with Gasteiger partial charge in [0.1, 0.15) is 0 Å². The summed E-state index contributed by atoms with van der Waals surface area (Å²) in [6.07, 6.45) is 14.2. The minimum atomic E-state index is -0.739. The molecule has 150 valence electrons. The standard InChI is InChI=1S/C20H34O6/c1-2-3-6-9-15(24-23)12-13-17-16(18-14-19(17)26-25-18)10-7-4-5-8-11-20(21)22/h4,7,15-19,23H,2-3,5-6,8-14H2,1H3,(H,21,22)/b7-4-/t15?,16?,17-,18?,19?/m1/s1. The van der Waals surface area contributed by atoms with E-state index in [0.717, 1.165) is 51.4 Å². The van der Waals surface area contributed by atoms with E-state index in [1.165, 1.54) is 6.42 Å². The van der Waals surface area contributed by atoms with Gasteiger partial charge in [0.15, 0.2) is 0 Å². The molecule has 1 heterocycles. The maximum absolute atomic E-state index is 10.5. The maximum atomic E-state index is 10.5. The number of fused-ring (bicyclic) bond motifs is 2. The molecule has 0 aromatic rings. The van der Waals surface area contributed by atoms with E-state index in [2.05, 4.69) is 24.0 Å². The number of carbonyl (C=O) groups is 1. The molecule has 0 aromatic heterocycles. The molecule has 26 heavy (non-hydrogen) atoms. The number of hydrogen-bond acceptors (Lipinski definition) is 5. The van der Waals surface area contributed by atoms with Gasteiger partial charge in [-0.25, -0.2) is 14.7 Å². The lowest BCUT2D eigenvalue weighted by Gasteiger charge is -2.30. The van der Waals surface area contributed by atoms with Crippen molar-refractivity contribution in [3.63, 3.8) is 0 Å². The fourth-order valence-corrected chi connectivity index (χ4v) is 4.21. The summed E-state index contributed by atoms with van der Waals surface area (Å²) in [6.45, 7) is 2.17. The minimum absolute atomic E-state index is 0.0891. The molecule has 2 rings (SSSR count). The first-order valence-corrected chi connectivity index (χ1v) is 10.1. The zero-order chi connectivity index (χ0) is 18.8. The molecular weight excluding hydrogens is 336 g/mol. The normalized spacial score (nSPS) is 28.8. The van der Waals surface area contributed by atoms with Crippen LogP contribution in [-0.4, -0.2) is 34.6 Å². The molecule has 2 fully saturated rings. The van der Waals surface area contributed by atoms with Gasteiger partial charge in [0.05, 0.1) is 18.3 Å². The molecule has 2 aliphatic rings. The monoisotopic (exact) mass is 370 g/mol. The lowest BCUT2D eigenvalue weighted by Crippen LogP contribution is -2.31. The molecule has 6 heteroatoms. The third-order valence-electron chi connectivity index (χ3n) is 5.71. The maximum Gasteiger partial charge on any atom is 0.303 e. The van der Waals surface area contributed by atoms with Gasteiger partial charge in [-0.05, 0) is 50.4 Å². The average Bonchev–Trinajstić information content (AvgIpc) is 3.22. The molecule has 5 atom stereocenters. The Morgan fingerprint density at radius 3 is 2.62 bits per heavy atom. The van der Waals surface area contributed by atoms with E-state index in [9.17, 15) is 4.79 Å². The molecule has 0 aromatic carbocycles. The van der Waals surface area contributed by atoms with Gasteiger partial charge in [-0.2, -0.15) is 0 Å². The smallest absolute Gasteiger partial charge is 0.303 e. The molecule has 1 aliphatic heterocycles. The molecular formula is C20H34O6. The summed E-state index contributed by atoms with van der Waals surface area (Å²) in [7, 11) is 0. The van der Waals surface area contributed by atoms with E-state index in [0.29, 0.717) is 18.3 Å². The average molecular weight is 370 g/mol. The van der Waals surface area contributed by atoms with E-state index in [-0.39, 0.29) is 24.7 Å². The summed E-state index contributed by atoms with van der Waals surface area (Å²) in [5.74, 6) is 0.123. The van der Waals surface area contributed by atoms with Gasteiger partial charge in [0.2, 0.25) is 0 Å². The van der Waals surface area contributed by atoms with Crippen molar-refractivity contribution in [3.8, 4) is 0 Å². The first-order valence-electron chi connectivity index (χ1n) is 10.1. The zero-order valence-electron chi connectivity index (χ0n) is 15.8. The van der Waals surface area contributed by atoms with Gasteiger partial charge in [0.25, 0.3) is 0 Å². The molecule has 1 saturated carbocycles. The Morgan fingerprint density at radius 1 is 1.15 bits per heavy atom. The van der Waals surface area contributed by atoms with Crippen LogP contribution in [0.4, 0.5) is 0 Å². The highest BCUT2D eigenvalue weighted by Crippen LogP contribution is 2.46.